The van der Waals surface area contributed by atoms with Crippen molar-refractivity contribution in [2.75, 3.05) is 5.73 Å². The molecule has 1 fully saturated rings. The number of aliphatic hydroxyl groups is 3. The molecule has 8 N–H and O–H groups in total. The van der Waals surface area contributed by atoms with Crippen LogP contribution in [0.25, 0.3) is 16.9 Å². The van der Waals surface area contributed by atoms with Gasteiger partial charge in [-0.05, 0) is 53.6 Å². The van der Waals surface area contributed by atoms with Crippen LogP contribution in [-0.2, 0) is 20.8 Å². The van der Waals surface area contributed by atoms with Gasteiger partial charge >= 0.3 is 0 Å². The van der Waals surface area contributed by atoms with Crippen LogP contribution in [0.1, 0.15) is 24.0 Å². The topological polar surface area (TPSA) is 184 Å². The first-order chi connectivity index (χ1) is 16.1. The maximum atomic E-state index is 13.5. The highest BCUT2D eigenvalue weighted by molar-refractivity contribution is 6.22. The van der Waals surface area contributed by atoms with E-state index in [9.17, 15) is 34.8 Å². The number of phenols is 1. The lowest BCUT2D eigenvalue weighted by molar-refractivity contribution is -0.147. The molecule has 9 heteroatoms. The van der Waals surface area contributed by atoms with Crippen LogP contribution < -0.4 is 11.5 Å². The minimum atomic E-state index is -2.57. The van der Waals surface area contributed by atoms with Crippen LogP contribution >= 0.6 is 0 Å². The van der Waals surface area contributed by atoms with E-state index >= 15 is 0 Å². The van der Waals surface area contributed by atoms with Gasteiger partial charge in [0, 0.05) is 23.6 Å². The molecular formula is C25H22N2O7. The number of nitrogens with two attached hydrogens (primary N) is 2. The van der Waals surface area contributed by atoms with E-state index in [2.05, 4.69) is 0 Å². The van der Waals surface area contributed by atoms with Gasteiger partial charge in [0.2, 0.25) is 5.78 Å². The van der Waals surface area contributed by atoms with Gasteiger partial charge in [-0.3, -0.25) is 14.4 Å². The summed E-state index contributed by atoms with van der Waals surface area (Å²) in [5, 5.41) is 43.6. The van der Waals surface area contributed by atoms with Gasteiger partial charge in [-0.25, -0.2) is 0 Å². The summed E-state index contributed by atoms with van der Waals surface area (Å²) >= 11 is 0. The van der Waals surface area contributed by atoms with E-state index in [0.29, 0.717) is 16.8 Å². The van der Waals surface area contributed by atoms with Crippen molar-refractivity contribution in [3.05, 3.63) is 64.4 Å². The average molecular weight is 462 g/mol. The van der Waals surface area contributed by atoms with E-state index < -0.39 is 52.0 Å². The van der Waals surface area contributed by atoms with Gasteiger partial charge in [0.1, 0.15) is 22.8 Å². The zero-order valence-corrected chi connectivity index (χ0v) is 17.9. The first-order valence-corrected chi connectivity index (χ1v) is 10.7. The van der Waals surface area contributed by atoms with Crippen molar-refractivity contribution in [3.8, 4) is 16.9 Å². The molecule has 3 unspecified atom stereocenters. The number of hydrogen-bond acceptors (Lipinski definition) is 8. The number of carbonyl (C=O) groups excluding carboxylic acids is 3. The van der Waals surface area contributed by atoms with E-state index in [1.165, 1.54) is 6.07 Å². The maximum Gasteiger partial charge on any atom is 0.255 e. The van der Waals surface area contributed by atoms with Gasteiger partial charge in [0.25, 0.3) is 5.91 Å². The normalized spacial score (nSPS) is 26.1. The second-order valence-corrected chi connectivity index (χ2v) is 9.02. The number of amides is 1. The Labute approximate surface area is 193 Å². The first-order valence-electron chi connectivity index (χ1n) is 10.7. The van der Waals surface area contributed by atoms with Crippen LogP contribution in [0.4, 0.5) is 5.69 Å². The van der Waals surface area contributed by atoms with Crippen molar-refractivity contribution in [2.24, 2.45) is 17.6 Å². The molecule has 0 radical (unpaired) electrons. The van der Waals surface area contributed by atoms with Crippen LogP contribution in [-0.4, -0.2) is 43.5 Å². The molecule has 1 amide bonds. The highest BCUT2D eigenvalue weighted by atomic mass is 16.3. The Hall–Kier alpha value is -4.11. The Morgan fingerprint density at radius 2 is 1.79 bits per heavy atom. The fourth-order valence-electron chi connectivity index (χ4n) is 5.60. The standard InChI is InChI=1S/C25H22N2O7/c26-13-3-1-2-10(7-13)14-4-5-16(28)19-15(14)8-11-6-12-9-17(29)20(24(27)33)23(32)25(12,34)22(31)18(11)21(19)30/h1-5,7,11-12,28,30,32,34H,6,8-9,26H2,(H2,27,33). The van der Waals surface area contributed by atoms with E-state index in [-0.39, 0.29) is 36.1 Å². The van der Waals surface area contributed by atoms with Crippen molar-refractivity contribution < 1.29 is 34.8 Å². The quantitative estimate of drug-likeness (QED) is 0.287. The van der Waals surface area contributed by atoms with E-state index in [1.807, 2.05) is 6.07 Å². The predicted octanol–water partition coefficient (Wildman–Crippen LogP) is 1.67. The number of ketones is 2. The van der Waals surface area contributed by atoms with Crippen LogP contribution in [0, 0.1) is 11.8 Å². The molecule has 3 atom stereocenters. The Balaban J connectivity index is 1.71. The van der Waals surface area contributed by atoms with Crippen molar-refractivity contribution >= 4 is 28.9 Å². The van der Waals surface area contributed by atoms with Gasteiger partial charge in [-0.1, -0.05) is 18.2 Å². The summed E-state index contributed by atoms with van der Waals surface area (Å²) in [5.41, 5.74) is 10.2. The lowest BCUT2D eigenvalue weighted by Crippen LogP contribution is -2.58. The molecule has 0 spiro atoms. The molecule has 5 rings (SSSR count). The monoisotopic (exact) mass is 462 g/mol. The highest BCUT2D eigenvalue weighted by Crippen LogP contribution is 2.53. The largest absolute Gasteiger partial charge is 0.508 e. The van der Waals surface area contributed by atoms with Gasteiger partial charge in [-0.2, -0.15) is 0 Å². The van der Waals surface area contributed by atoms with Crippen molar-refractivity contribution in [1.82, 2.24) is 0 Å². The van der Waals surface area contributed by atoms with Crippen LogP contribution in [0.15, 0.2) is 53.3 Å². The Morgan fingerprint density at radius 1 is 1.06 bits per heavy atom. The number of phenolic OH excluding ortho intramolecular Hbond substituents is 1. The van der Waals surface area contributed by atoms with Gasteiger partial charge in [0.05, 0.1) is 5.56 Å². The average Bonchev–Trinajstić information content (AvgIpc) is 2.76. The molecule has 0 aromatic heterocycles. The molecule has 0 heterocycles. The summed E-state index contributed by atoms with van der Waals surface area (Å²) in [6, 6.07) is 10.2. The third-order valence-corrected chi connectivity index (χ3v) is 7.14. The summed E-state index contributed by atoms with van der Waals surface area (Å²) in [6.07, 6.45) is -0.0497. The van der Waals surface area contributed by atoms with Gasteiger partial charge in [-0.15, -0.1) is 0 Å². The molecule has 0 saturated heterocycles. The number of nitrogen functional groups attached to an aromatic ring is 1. The number of aromatic hydroxyl groups is 1. The first kappa shape index (κ1) is 21.7. The maximum absolute atomic E-state index is 13.5. The zero-order chi connectivity index (χ0) is 24.5. The van der Waals surface area contributed by atoms with E-state index in [0.717, 1.165) is 5.56 Å². The number of fused-ring (bicyclic) bond motifs is 3. The van der Waals surface area contributed by atoms with Crippen molar-refractivity contribution in [1.29, 1.82) is 0 Å². The number of aliphatic hydroxyl groups excluding tert-OH is 2. The minimum Gasteiger partial charge on any atom is -0.508 e. The van der Waals surface area contributed by atoms with Crippen molar-refractivity contribution in [2.45, 2.75) is 24.9 Å². The summed E-state index contributed by atoms with van der Waals surface area (Å²) in [6.45, 7) is 0. The molecule has 3 aliphatic carbocycles. The SMILES string of the molecule is NC(=O)C1=C(O)C2(O)C(=O)C3=C(O)c4c(O)ccc(-c5cccc(N)c5)c4CC3CC2CC1=O. The molecule has 0 aliphatic heterocycles. The highest BCUT2D eigenvalue weighted by Gasteiger charge is 2.60. The zero-order valence-electron chi connectivity index (χ0n) is 17.9. The minimum absolute atomic E-state index is 0.0482. The Kier molecular flexibility index (Phi) is 4.60. The predicted molar refractivity (Wildman–Crippen MR) is 121 cm³/mol. The van der Waals surface area contributed by atoms with E-state index in [1.54, 1.807) is 24.3 Å². The summed E-state index contributed by atoms with van der Waals surface area (Å²) in [4.78, 5) is 37.7. The smallest absolute Gasteiger partial charge is 0.255 e. The van der Waals surface area contributed by atoms with Crippen molar-refractivity contribution in [3.63, 3.8) is 0 Å². The Morgan fingerprint density at radius 3 is 2.47 bits per heavy atom. The lowest BCUT2D eigenvalue weighted by Gasteiger charge is -2.46. The summed E-state index contributed by atoms with van der Waals surface area (Å²) in [7, 11) is 0. The number of primary amides is 1. The molecular weight excluding hydrogens is 440 g/mol. The number of anilines is 1. The van der Waals surface area contributed by atoms with Crippen LogP contribution in [0.5, 0.6) is 5.75 Å². The second kappa shape index (κ2) is 7.19. The third-order valence-electron chi connectivity index (χ3n) is 7.14. The van der Waals surface area contributed by atoms with Crippen LogP contribution in [0.3, 0.4) is 0 Å². The van der Waals surface area contributed by atoms with Gasteiger partial charge < -0.3 is 31.9 Å². The molecule has 1 saturated carbocycles. The molecule has 3 aliphatic rings. The lowest BCUT2D eigenvalue weighted by atomic mass is 9.59. The molecule has 9 nitrogen and oxygen atoms in total. The fraction of sp³-hybridized carbons (Fsp3) is 0.240. The molecule has 2 aromatic carbocycles. The molecule has 2 aromatic rings. The Bertz CT molecular complexity index is 1370. The van der Waals surface area contributed by atoms with E-state index in [4.69, 9.17) is 11.5 Å². The summed E-state index contributed by atoms with van der Waals surface area (Å²) in [5.74, 6) is -6.49. The molecule has 34 heavy (non-hydrogen) atoms. The molecule has 0 bridgehead atoms. The van der Waals surface area contributed by atoms with Gasteiger partial charge in [0.15, 0.2) is 11.4 Å². The number of Topliss-reactive ketones (excluding diaryl/α,β-unsaturated/α-hetero) is 2. The molecule has 174 valence electrons. The van der Waals surface area contributed by atoms with Crippen LogP contribution in [0.2, 0.25) is 0 Å². The number of rotatable bonds is 2. The number of carbonyl (C=O) groups is 3. The number of hydrogen-bond donors (Lipinski definition) is 6. The summed E-state index contributed by atoms with van der Waals surface area (Å²) < 4.78 is 0. The second-order valence-electron chi connectivity index (χ2n) is 9.02. The third kappa shape index (κ3) is 2.80. The number of benzene rings is 2. The fourth-order valence-corrected chi connectivity index (χ4v) is 5.60.